The van der Waals surface area contributed by atoms with Gasteiger partial charge in [0.1, 0.15) is 0 Å². The van der Waals surface area contributed by atoms with Crippen molar-refractivity contribution in [3.05, 3.63) is 0 Å². The fourth-order valence-electron chi connectivity index (χ4n) is 0.427. The summed E-state index contributed by atoms with van der Waals surface area (Å²) in [5.74, 6) is 0. The molecular weight excluding hydrogens is 348 g/mol. The van der Waals surface area contributed by atoms with Gasteiger partial charge in [-0.1, -0.05) is 0 Å². The molecule has 11 heteroatoms. The van der Waals surface area contributed by atoms with Crippen LogP contribution in [0, 0.1) is 0 Å². The van der Waals surface area contributed by atoms with Gasteiger partial charge in [-0.2, -0.15) is 0 Å². The monoisotopic (exact) mass is 363 g/mol. The van der Waals surface area contributed by atoms with Gasteiger partial charge in [-0.15, -0.1) is 0 Å². The third kappa shape index (κ3) is 154. The van der Waals surface area contributed by atoms with E-state index in [-0.39, 0.29) is 0 Å². The molecule has 0 aliphatic carbocycles. The van der Waals surface area contributed by atoms with E-state index in [0.717, 1.165) is 0 Å². The van der Waals surface area contributed by atoms with E-state index in [9.17, 15) is 0 Å². The fourth-order valence-corrected chi connectivity index (χ4v) is 1.17. The summed E-state index contributed by atoms with van der Waals surface area (Å²) in [7, 11) is 0. The van der Waals surface area contributed by atoms with E-state index in [1.54, 1.807) is 0 Å². The Balaban J connectivity index is -0.000000160. The number of rotatable bonds is 3. The molecule has 0 aliphatic rings. The molecule has 0 fully saturated rings. The summed E-state index contributed by atoms with van der Waals surface area (Å²) in [4.78, 5) is 45.3. The van der Waals surface area contributed by atoms with Gasteiger partial charge in [0.15, 0.2) is 0 Å². The van der Waals surface area contributed by atoms with Crippen LogP contribution < -0.4 is 0 Å². The second kappa shape index (κ2) is 13.1. The summed E-state index contributed by atoms with van der Waals surface area (Å²) in [6.45, 7) is -5.37. The van der Waals surface area contributed by atoms with E-state index in [1.807, 2.05) is 0 Å². The summed E-state index contributed by atoms with van der Waals surface area (Å²) in [6.07, 6.45) is 4.29. The molecule has 0 aromatic carbocycles. The molecule has 6 N–H and O–H groups in total. The van der Waals surface area contributed by atoms with E-state index in [0.29, 0.717) is 0 Å². The maximum atomic E-state index is 7.56. The second-order valence-corrected chi connectivity index (χ2v) is 9.06. The van der Waals surface area contributed by atoms with Gasteiger partial charge < -0.3 is 29.4 Å². The normalized spacial score (nSPS) is 10.8. The van der Waals surface area contributed by atoms with Crippen LogP contribution in [0.1, 0.15) is 26.2 Å². The summed E-state index contributed by atoms with van der Waals surface area (Å²) in [6, 6.07) is 0. The third-order valence-electron chi connectivity index (χ3n) is 0.854. The molecule has 0 saturated carbocycles. The van der Waals surface area contributed by atoms with Gasteiger partial charge in [-0.05, 0) is 23.6 Å². The Morgan fingerprint density at radius 1 is 0.875 bits per heavy atom. The van der Waals surface area contributed by atoms with Gasteiger partial charge >= 0.3 is 62.9 Å². The fraction of sp³-hybridized carbons (Fsp3) is 1.00. The summed E-state index contributed by atoms with van der Waals surface area (Å²) in [5.41, 5.74) is 0. The second-order valence-electron chi connectivity index (χ2n) is 2.59. The van der Waals surface area contributed by atoms with Gasteiger partial charge in [-0.3, -0.25) is 0 Å². The smallest absolute Gasteiger partial charge is 0.319 e. The van der Waals surface area contributed by atoms with Crippen LogP contribution in [-0.2, 0) is 41.9 Å². The van der Waals surface area contributed by atoms with Crippen molar-refractivity contribution >= 4 is 37.1 Å². The predicted molar refractivity (Wildman–Crippen MR) is 66.2 cm³/mol. The summed E-state index contributed by atoms with van der Waals surface area (Å²) >= 11 is 8.69. The van der Waals surface area contributed by atoms with Crippen LogP contribution in [-0.4, -0.2) is 29.4 Å². The zero-order chi connectivity index (χ0) is 13.8. The van der Waals surface area contributed by atoms with Crippen LogP contribution in [0.2, 0.25) is 5.02 Å². The minimum absolute atomic E-state index is 1.38. The van der Waals surface area contributed by atoms with Crippen molar-refractivity contribution in [3.8, 4) is 0 Å². The van der Waals surface area contributed by atoms with Crippen LogP contribution in [0.25, 0.3) is 0 Å². The average molecular weight is 365 g/mol. The standard InChI is InChI=1S/C5H11.2H3O3PS.Zn/c1-3-5-4-2;2*1-4(2,3)5;/h1,3-5H2,2H3;2*(H3,1,2,3,5);. The van der Waals surface area contributed by atoms with Crippen LogP contribution in [0.4, 0.5) is 0 Å². The molecule has 16 heavy (non-hydrogen) atoms. The Morgan fingerprint density at radius 3 is 1.19 bits per heavy atom. The van der Waals surface area contributed by atoms with Crippen molar-refractivity contribution in [2.24, 2.45) is 0 Å². The Hall–Kier alpha value is 1.68. The molecule has 0 aromatic rings. The minimum atomic E-state index is -3.81. The van der Waals surface area contributed by atoms with E-state index in [4.69, 9.17) is 29.4 Å². The molecule has 0 heterocycles. The molecule has 0 amide bonds. The molecule has 0 bridgehead atoms. The molecule has 0 atom stereocenters. The van der Waals surface area contributed by atoms with Gasteiger partial charge in [0.25, 0.3) is 0 Å². The van der Waals surface area contributed by atoms with Crippen molar-refractivity contribution in [1.29, 1.82) is 0 Å². The number of unbranched alkanes of at least 4 members (excludes halogenated alkanes) is 2. The molecule has 0 aliphatic heterocycles. The Morgan fingerprint density at radius 2 is 1.12 bits per heavy atom. The van der Waals surface area contributed by atoms with E-state index >= 15 is 0 Å². The van der Waals surface area contributed by atoms with E-state index in [2.05, 4.69) is 30.5 Å². The largest absolute Gasteiger partial charge is 0.325 e. The Kier molecular flexibility index (Phi) is 18.7. The maximum Gasteiger partial charge on any atom is 0.319 e. The topological polar surface area (TPSA) is 121 Å². The Bertz CT molecular complexity index is 188. The summed E-state index contributed by atoms with van der Waals surface area (Å²) in [5, 5.41) is 1.48. The SMILES string of the molecule is CCCC[CH2][Zn].OP(O)(O)=S.OP(O)(O)=S. The number of hydrogen-bond acceptors (Lipinski definition) is 2. The molecule has 0 unspecified atom stereocenters. The molecular formula is C5H17O6P2S2Zn. The van der Waals surface area contributed by atoms with Gasteiger partial charge in [0, 0.05) is 0 Å². The van der Waals surface area contributed by atoms with Crippen LogP contribution >= 0.6 is 13.4 Å². The van der Waals surface area contributed by atoms with Crippen molar-refractivity contribution in [1.82, 2.24) is 0 Å². The third-order valence-corrected chi connectivity index (χ3v) is 1.90. The van der Waals surface area contributed by atoms with Crippen molar-refractivity contribution < 1.29 is 47.7 Å². The molecule has 0 rings (SSSR count). The zero-order valence-corrected chi connectivity index (χ0v) is 15.3. The first-order chi connectivity index (χ1) is 6.91. The maximum absolute atomic E-state index is 7.56. The predicted octanol–water partition coefficient (Wildman–Crippen LogP) is 0.517. The summed E-state index contributed by atoms with van der Waals surface area (Å²) < 4.78 is 0. The number of hydrogen-bond donors (Lipinski definition) is 6. The first-order valence-corrected chi connectivity index (χ1v) is 11.7. The first-order valence-electron chi connectivity index (χ1n) is 4.27. The molecule has 0 saturated heterocycles. The minimum Gasteiger partial charge on any atom is -0.325 e. The molecule has 0 aromatic heterocycles. The molecule has 6 nitrogen and oxygen atoms in total. The van der Waals surface area contributed by atoms with Gasteiger partial charge in [0.05, 0.1) is 0 Å². The molecule has 97 valence electrons. The van der Waals surface area contributed by atoms with Crippen LogP contribution in [0.15, 0.2) is 0 Å². The van der Waals surface area contributed by atoms with E-state index < -0.39 is 13.4 Å². The van der Waals surface area contributed by atoms with Crippen molar-refractivity contribution in [2.45, 2.75) is 31.2 Å². The van der Waals surface area contributed by atoms with Crippen molar-refractivity contribution in [2.75, 3.05) is 0 Å². The molecule has 0 spiro atoms. The quantitative estimate of drug-likeness (QED) is 0.243. The average Bonchev–Trinajstić information content (AvgIpc) is 1.94. The van der Waals surface area contributed by atoms with Crippen molar-refractivity contribution in [3.63, 3.8) is 0 Å². The van der Waals surface area contributed by atoms with Crippen LogP contribution in [0.5, 0.6) is 0 Å². The van der Waals surface area contributed by atoms with Gasteiger partial charge in [-0.25, -0.2) is 0 Å². The van der Waals surface area contributed by atoms with E-state index in [1.165, 1.54) is 42.6 Å². The first kappa shape index (κ1) is 22.8. The Labute approximate surface area is 116 Å². The zero-order valence-electron chi connectivity index (χ0n) is 8.93. The molecule has 0 radical (unpaired) electrons. The van der Waals surface area contributed by atoms with Crippen LogP contribution in [0.3, 0.4) is 0 Å². The van der Waals surface area contributed by atoms with Gasteiger partial charge in [0.2, 0.25) is 0 Å².